The predicted molar refractivity (Wildman–Crippen MR) is 158 cm³/mol. The van der Waals surface area contributed by atoms with E-state index in [9.17, 15) is 13.6 Å². The summed E-state index contributed by atoms with van der Waals surface area (Å²) < 4.78 is 29.2. The molecule has 1 aromatic heterocycles. The Bertz CT molecular complexity index is 1520. The van der Waals surface area contributed by atoms with Crippen molar-refractivity contribution in [3.63, 3.8) is 0 Å². The summed E-state index contributed by atoms with van der Waals surface area (Å²) in [5, 5.41) is -0.0591. The minimum atomic E-state index is -0.634. The highest BCUT2D eigenvalue weighted by Gasteiger charge is 2.32. The highest BCUT2D eigenvalue weighted by molar-refractivity contribution is 7.21. The normalized spacial score (nSPS) is 17.4. The van der Waals surface area contributed by atoms with Crippen LogP contribution in [0.1, 0.15) is 59.0 Å². The van der Waals surface area contributed by atoms with E-state index < -0.39 is 11.6 Å². The van der Waals surface area contributed by atoms with Gasteiger partial charge in [-0.3, -0.25) is 4.79 Å². The first kappa shape index (κ1) is 27.5. The topological polar surface area (TPSA) is 46.3 Å². The number of aryl methyl sites for hydroxylation is 1. The van der Waals surface area contributed by atoms with Gasteiger partial charge >= 0.3 is 0 Å². The van der Waals surface area contributed by atoms with Crippen LogP contribution in [0.4, 0.5) is 8.78 Å². The molecule has 0 bridgehead atoms. The Hall–Kier alpha value is -3.06. The van der Waals surface area contributed by atoms with Crippen molar-refractivity contribution in [3.05, 3.63) is 99.4 Å². The van der Waals surface area contributed by atoms with Gasteiger partial charge in [0.25, 0.3) is 5.91 Å². The Morgan fingerprint density at radius 2 is 1.69 bits per heavy atom. The molecule has 39 heavy (non-hydrogen) atoms. The van der Waals surface area contributed by atoms with Gasteiger partial charge in [-0.15, -0.1) is 11.3 Å². The number of fused-ring (bicyclic) bond motifs is 1. The van der Waals surface area contributed by atoms with Gasteiger partial charge in [-0.25, -0.2) is 8.78 Å². The van der Waals surface area contributed by atoms with Gasteiger partial charge in [0.2, 0.25) is 0 Å². The van der Waals surface area contributed by atoms with Crippen LogP contribution in [0, 0.1) is 11.6 Å². The molecular weight excluding hydrogens is 534 g/mol. The lowest BCUT2D eigenvalue weighted by Gasteiger charge is -2.36. The molecule has 1 saturated carbocycles. The van der Waals surface area contributed by atoms with E-state index in [1.165, 1.54) is 0 Å². The second kappa shape index (κ2) is 11.6. The molecule has 1 aliphatic carbocycles. The lowest BCUT2D eigenvalue weighted by atomic mass is 9.89. The number of nitrogens with two attached hydrogens (primary N) is 1. The van der Waals surface area contributed by atoms with Crippen LogP contribution >= 0.6 is 22.9 Å². The predicted octanol–water partition coefficient (Wildman–Crippen LogP) is 8.62. The number of thiophene rings is 1. The summed E-state index contributed by atoms with van der Waals surface area (Å²) in [5.74, 6) is -1.52. The number of rotatable bonds is 7. The fourth-order valence-corrected chi connectivity index (χ4v) is 6.94. The average molecular weight is 565 g/mol. The first-order chi connectivity index (χ1) is 18.8. The van der Waals surface area contributed by atoms with Crippen molar-refractivity contribution < 1.29 is 13.6 Å². The van der Waals surface area contributed by atoms with Crippen molar-refractivity contribution in [3.8, 4) is 11.1 Å². The van der Waals surface area contributed by atoms with E-state index in [4.69, 9.17) is 17.3 Å². The molecule has 0 atom stereocenters. The van der Waals surface area contributed by atoms with Crippen LogP contribution in [0.5, 0.6) is 0 Å². The van der Waals surface area contributed by atoms with E-state index in [0.717, 1.165) is 83.4 Å². The first-order valence-corrected chi connectivity index (χ1v) is 14.5. The molecule has 7 heteroatoms. The smallest absolute Gasteiger partial charge is 0.266 e. The first-order valence-electron chi connectivity index (χ1n) is 13.3. The van der Waals surface area contributed by atoms with Gasteiger partial charge in [-0.2, -0.15) is 0 Å². The standard InChI is InChI=1S/C32H31ClF2N2OS/c1-3-19-5-7-21(8-6-19)22-10-9-20(4-2)23(17-22)18-37(25-13-11-24(36)12-14-25)32(38)31-29(33)28-26(34)15-16-27(35)30(28)39-31/h3,5-10,15-17,24-25H,1,4,11-14,18,36H2,2H3/t24-,25-. The van der Waals surface area contributed by atoms with Crippen LogP contribution in [-0.2, 0) is 13.0 Å². The third-order valence-corrected chi connectivity index (χ3v) is 9.40. The minimum absolute atomic E-state index is 0.0266. The van der Waals surface area contributed by atoms with Crippen LogP contribution in [0.3, 0.4) is 0 Å². The van der Waals surface area contributed by atoms with Crippen molar-refractivity contribution in [2.45, 2.75) is 57.7 Å². The molecule has 1 amide bonds. The monoisotopic (exact) mass is 564 g/mol. The quantitative estimate of drug-likeness (QED) is 0.244. The summed E-state index contributed by atoms with van der Waals surface area (Å²) in [6, 6.07) is 16.7. The van der Waals surface area contributed by atoms with Crippen LogP contribution in [0.2, 0.25) is 5.02 Å². The summed E-state index contributed by atoms with van der Waals surface area (Å²) in [6.45, 7) is 6.29. The molecule has 5 rings (SSSR count). The number of benzene rings is 3. The zero-order valence-corrected chi connectivity index (χ0v) is 23.4. The number of hydrogen-bond acceptors (Lipinski definition) is 3. The maximum atomic E-state index is 14.6. The molecular formula is C32H31ClF2N2OS. The SMILES string of the molecule is C=Cc1ccc(-c2ccc(CC)c(CN(C(=O)c3sc4c(F)ccc(F)c4c3Cl)[C@H]3CC[C@H](N)CC3)c2)cc1. The van der Waals surface area contributed by atoms with E-state index in [1.807, 2.05) is 23.1 Å². The van der Waals surface area contributed by atoms with Gasteiger partial charge in [-0.1, -0.05) is 67.6 Å². The largest absolute Gasteiger partial charge is 0.331 e. The van der Waals surface area contributed by atoms with Gasteiger partial charge in [0.1, 0.15) is 16.5 Å². The summed E-state index contributed by atoms with van der Waals surface area (Å²) in [5.41, 5.74) is 11.5. The Kier molecular flexibility index (Phi) is 8.17. The third-order valence-electron chi connectivity index (χ3n) is 7.73. The zero-order valence-electron chi connectivity index (χ0n) is 21.9. The van der Waals surface area contributed by atoms with Crippen LogP contribution in [0.25, 0.3) is 27.3 Å². The molecule has 1 heterocycles. The number of carbonyl (C=O) groups is 1. The molecule has 0 unspecified atom stereocenters. The second-order valence-corrected chi connectivity index (χ2v) is 11.5. The van der Waals surface area contributed by atoms with Gasteiger partial charge in [0.15, 0.2) is 0 Å². The van der Waals surface area contributed by atoms with Crippen LogP contribution in [0.15, 0.2) is 61.2 Å². The zero-order chi connectivity index (χ0) is 27.7. The van der Waals surface area contributed by atoms with E-state index in [0.29, 0.717) is 6.54 Å². The Morgan fingerprint density at radius 1 is 1.03 bits per heavy atom. The summed E-state index contributed by atoms with van der Waals surface area (Å²) >= 11 is 7.47. The number of halogens is 3. The van der Waals surface area contributed by atoms with Crippen molar-refractivity contribution in [1.29, 1.82) is 0 Å². The number of amides is 1. The maximum Gasteiger partial charge on any atom is 0.266 e. The molecule has 0 aliphatic heterocycles. The van der Waals surface area contributed by atoms with E-state index in [1.54, 1.807) is 0 Å². The maximum absolute atomic E-state index is 14.6. The summed E-state index contributed by atoms with van der Waals surface area (Å²) in [6.07, 6.45) is 5.78. The molecule has 0 saturated heterocycles. The highest BCUT2D eigenvalue weighted by atomic mass is 35.5. The van der Waals surface area contributed by atoms with Crippen LogP contribution in [-0.4, -0.2) is 22.9 Å². The number of hydrogen-bond donors (Lipinski definition) is 1. The Balaban J connectivity index is 1.56. The molecule has 4 aromatic rings. The molecule has 202 valence electrons. The molecule has 3 nitrogen and oxygen atoms in total. The molecule has 3 aromatic carbocycles. The van der Waals surface area contributed by atoms with Crippen LogP contribution < -0.4 is 5.73 Å². The summed E-state index contributed by atoms with van der Waals surface area (Å²) in [7, 11) is 0. The molecule has 1 aliphatic rings. The molecule has 0 spiro atoms. The van der Waals surface area contributed by atoms with E-state index >= 15 is 0 Å². The Morgan fingerprint density at radius 3 is 2.33 bits per heavy atom. The van der Waals surface area contributed by atoms with Gasteiger partial charge in [0, 0.05) is 18.6 Å². The van der Waals surface area contributed by atoms with Crippen molar-refractivity contribution >= 4 is 45.0 Å². The van der Waals surface area contributed by atoms with Gasteiger partial charge < -0.3 is 10.6 Å². The highest BCUT2D eigenvalue weighted by Crippen LogP contribution is 2.40. The third kappa shape index (κ3) is 5.51. The molecule has 1 fully saturated rings. The lowest BCUT2D eigenvalue weighted by Crippen LogP contribution is -2.43. The second-order valence-electron chi connectivity index (χ2n) is 10.1. The van der Waals surface area contributed by atoms with Crippen molar-refractivity contribution in [2.24, 2.45) is 5.73 Å². The van der Waals surface area contributed by atoms with Crippen molar-refractivity contribution in [2.75, 3.05) is 0 Å². The average Bonchev–Trinajstić information content (AvgIpc) is 3.32. The van der Waals surface area contributed by atoms with Crippen molar-refractivity contribution in [1.82, 2.24) is 4.90 Å². The van der Waals surface area contributed by atoms with Gasteiger partial charge in [-0.05, 0) is 78.1 Å². The number of nitrogens with zero attached hydrogens (tertiary/aromatic N) is 1. The van der Waals surface area contributed by atoms with Gasteiger partial charge in [0.05, 0.1) is 15.1 Å². The fourth-order valence-electron chi connectivity index (χ4n) is 5.44. The molecule has 2 N–H and O–H groups in total. The lowest BCUT2D eigenvalue weighted by molar-refractivity contribution is 0.0611. The Labute approximate surface area is 236 Å². The van der Waals surface area contributed by atoms with E-state index in [-0.39, 0.29) is 38.0 Å². The minimum Gasteiger partial charge on any atom is -0.331 e. The van der Waals surface area contributed by atoms with E-state index in [2.05, 4.69) is 43.8 Å². The summed E-state index contributed by atoms with van der Waals surface area (Å²) in [4.78, 5) is 16.1. The molecule has 0 radical (unpaired) electrons. The number of carbonyl (C=O) groups excluding carboxylic acids is 1. The fraction of sp³-hybridized carbons (Fsp3) is 0.281.